The Bertz CT molecular complexity index is 586. The quantitative estimate of drug-likeness (QED) is 0.880. The van der Waals surface area contributed by atoms with Crippen molar-refractivity contribution in [2.24, 2.45) is 0 Å². The van der Waals surface area contributed by atoms with E-state index in [2.05, 4.69) is 10.2 Å². The monoisotopic (exact) mass is 291 g/mol. The number of nitrogen functional groups attached to an aromatic ring is 1. The first-order valence-corrected chi connectivity index (χ1v) is 5.74. The lowest BCUT2D eigenvalue weighted by Gasteiger charge is -2.08. The van der Waals surface area contributed by atoms with Gasteiger partial charge in [-0.05, 0) is 12.1 Å². The summed E-state index contributed by atoms with van der Waals surface area (Å²) in [4.78, 5) is 0. The Labute approximate surface area is 109 Å². The summed E-state index contributed by atoms with van der Waals surface area (Å²) >= 11 is 0.302. The van der Waals surface area contributed by atoms with Crippen molar-refractivity contribution in [1.82, 2.24) is 10.2 Å². The van der Waals surface area contributed by atoms with Crippen LogP contribution in [0.1, 0.15) is 5.01 Å². The van der Waals surface area contributed by atoms with Gasteiger partial charge in [0.05, 0.1) is 7.11 Å². The minimum Gasteiger partial charge on any atom is -0.493 e. The maximum atomic E-state index is 12.3. The Morgan fingerprint density at radius 2 is 1.95 bits per heavy atom. The number of alkyl halides is 3. The van der Waals surface area contributed by atoms with E-state index in [4.69, 9.17) is 15.2 Å². The first-order chi connectivity index (χ1) is 8.90. The van der Waals surface area contributed by atoms with Gasteiger partial charge in [0, 0.05) is 11.8 Å². The second-order valence-electron chi connectivity index (χ2n) is 3.38. The van der Waals surface area contributed by atoms with E-state index in [1.54, 1.807) is 0 Å². The molecule has 0 unspecified atom stereocenters. The van der Waals surface area contributed by atoms with Gasteiger partial charge in [-0.25, -0.2) is 0 Å². The molecule has 0 fully saturated rings. The van der Waals surface area contributed by atoms with E-state index in [1.807, 2.05) is 0 Å². The summed E-state index contributed by atoms with van der Waals surface area (Å²) in [6.45, 7) is 0. The fourth-order valence-corrected chi connectivity index (χ4v) is 1.80. The van der Waals surface area contributed by atoms with Crippen molar-refractivity contribution >= 4 is 17.0 Å². The maximum absolute atomic E-state index is 12.3. The first kappa shape index (κ1) is 13.4. The third-order valence-corrected chi connectivity index (χ3v) is 2.88. The van der Waals surface area contributed by atoms with Crippen LogP contribution in [-0.4, -0.2) is 17.3 Å². The fraction of sp³-hybridized carbons (Fsp3) is 0.200. The number of nitrogens with zero attached hydrogens (tertiary/aromatic N) is 2. The SMILES string of the molecule is COc1cc(N)ccc1Oc1nnc(C(F)(F)F)s1. The molecule has 0 atom stereocenters. The van der Waals surface area contributed by atoms with Crippen LogP contribution in [0.4, 0.5) is 18.9 Å². The van der Waals surface area contributed by atoms with Crippen LogP contribution in [0.3, 0.4) is 0 Å². The van der Waals surface area contributed by atoms with Gasteiger partial charge in [-0.3, -0.25) is 0 Å². The van der Waals surface area contributed by atoms with E-state index in [9.17, 15) is 13.2 Å². The third kappa shape index (κ3) is 3.05. The number of methoxy groups -OCH3 is 1. The molecule has 0 aliphatic carbocycles. The second-order valence-corrected chi connectivity index (χ2v) is 4.32. The zero-order valence-corrected chi connectivity index (χ0v) is 10.4. The summed E-state index contributed by atoms with van der Waals surface area (Å²) < 4.78 is 47.2. The molecule has 2 aromatic rings. The van der Waals surface area contributed by atoms with Crippen molar-refractivity contribution in [1.29, 1.82) is 0 Å². The van der Waals surface area contributed by atoms with Gasteiger partial charge in [0.2, 0.25) is 5.01 Å². The lowest BCUT2D eigenvalue weighted by Crippen LogP contribution is -2.03. The summed E-state index contributed by atoms with van der Waals surface area (Å²) in [5.74, 6) is 0.505. The number of anilines is 1. The number of benzene rings is 1. The van der Waals surface area contributed by atoms with Crippen molar-refractivity contribution in [3.05, 3.63) is 23.2 Å². The van der Waals surface area contributed by atoms with Gasteiger partial charge in [-0.2, -0.15) is 13.2 Å². The Morgan fingerprint density at radius 3 is 2.53 bits per heavy atom. The molecule has 0 aliphatic heterocycles. The first-order valence-electron chi connectivity index (χ1n) is 4.92. The van der Waals surface area contributed by atoms with E-state index in [1.165, 1.54) is 25.3 Å². The molecule has 0 radical (unpaired) electrons. The fourth-order valence-electron chi connectivity index (χ4n) is 1.23. The Kier molecular flexibility index (Phi) is 3.47. The average Bonchev–Trinajstić information content (AvgIpc) is 2.79. The van der Waals surface area contributed by atoms with Gasteiger partial charge in [-0.1, -0.05) is 16.4 Å². The molecule has 2 N–H and O–H groups in total. The van der Waals surface area contributed by atoms with E-state index >= 15 is 0 Å². The molecule has 19 heavy (non-hydrogen) atoms. The van der Waals surface area contributed by atoms with E-state index in [-0.39, 0.29) is 10.9 Å². The minimum absolute atomic E-state index is 0.210. The normalized spacial score (nSPS) is 11.4. The van der Waals surface area contributed by atoms with Crippen LogP contribution < -0.4 is 15.2 Å². The summed E-state index contributed by atoms with van der Waals surface area (Å²) in [6, 6.07) is 4.49. The predicted molar refractivity (Wildman–Crippen MR) is 62.4 cm³/mol. The molecule has 2 rings (SSSR count). The van der Waals surface area contributed by atoms with Crippen LogP contribution >= 0.6 is 11.3 Å². The number of rotatable bonds is 3. The maximum Gasteiger partial charge on any atom is 0.445 e. The highest BCUT2D eigenvalue weighted by Crippen LogP contribution is 2.38. The van der Waals surface area contributed by atoms with Crippen molar-refractivity contribution < 1.29 is 22.6 Å². The zero-order chi connectivity index (χ0) is 14.0. The largest absolute Gasteiger partial charge is 0.493 e. The molecule has 0 bridgehead atoms. The van der Waals surface area contributed by atoms with Crippen LogP contribution in [0.15, 0.2) is 18.2 Å². The number of nitrogens with two attached hydrogens (primary N) is 1. The number of hydrogen-bond acceptors (Lipinski definition) is 6. The summed E-state index contributed by atoms with van der Waals surface area (Å²) in [6.07, 6.45) is -4.54. The minimum atomic E-state index is -4.54. The topological polar surface area (TPSA) is 70.3 Å². The Hall–Kier alpha value is -2.03. The zero-order valence-electron chi connectivity index (χ0n) is 9.56. The van der Waals surface area contributed by atoms with Gasteiger partial charge in [0.25, 0.3) is 5.19 Å². The van der Waals surface area contributed by atoms with Gasteiger partial charge in [0.15, 0.2) is 11.5 Å². The van der Waals surface area contributed by atoms with Crippen molar-refractivity contribution in [2.75, 3.05) is 12.8 Å². The predicted octanol–water partition coefficient (Wildman–Crippen LogP) is 2.94. The molecule has 0 aliphatic rings. The van der Waals surface area contributed by atoms with Crippen LogP contribution in [0, 0.1) is 0 Å². The standard InChI is InChI=1S/C10H8F3N3O2S/c1-17-7-4-5(14)2-3-6(7)18-9-16-15-8(19-9)10(11,12)13/h2-4H,14H2,1H3. The van der Waals surface area contributed by atoms with Gasteiger partial charge >= 0.3 is 6.18 Å². The molecule has 1 heterocycles. The third-order valence-electron chi connectivity index (χ3n) is 2.03. The van der Waals surface area contributed by atoms with Crippen molar-refractivity contribution in [3.8, 4) is 16.7 Å². The molecule has 0 saturated heterocycles. The number of ether oxygens (including phenoxy) is 2. The van der Waals surface area contributed by atoms with Crippen LogP contribution in [0.2, 0.25) is 0 Å². The van der Waals surface area contributed by atoms with Gasteiger partial charge < -0.3 is 15.2 Å². The van der Waals surface area contributed by atoms with Crippen LogP contribution in [-0.2, 0) is 6.18 Å². The smallest absolute Gasteiger partial charge is 0.445 e. The molecule has 5 nitrogen and oxygen atoms in total. The number of hydrogen-bond donors (Lipinski definition) is 1. The average molecular weight is 291 g/mol. The molecule has 0 amide bonds. The van der Waals surface area contributed by atoms with E-state index in [0.29, 0.717) is 22.8 Å². The molecule has 1 aromatic carbocycles. The highest BCUT2D eigenvalue weighted by Gasteiger charge is 2.36. The summed E-state index contributed by atoms with van der Waals surface area (Å²) in [5, 5.41) is 5.03. The summed E-state index contributed by atoms with van der Waals surface area (Å²) in [5.41, 5.74) is 5.99. The lowest BCUT2D eigenvalue weighted by atomic mass is 10.3. The van der Waals surface area contributed by atoms with Crippen LogP contribution in [0.25, 0.3) is 0 Å². The second kappa shape index (κ2) is 4.92. The number of halogens is 3. The van der Waals surface area contributed by atoms with E-state index in [0.717, 1.165) is 0 Å². The molecule has 9 heteroatoms. The van der Waals surface area contributed by atoms with Crippen molar-refractivity contribution in [3.63, 3.8) is 0 Å². The molecular formula is C10H8F3N3O2S. The Balaban J connectivity index is 2.24. The Morgan fingerprint density at radius 1 is 1.21 bits per heavy atom. The highest BCUT2D eigenvalue weighted by atomic mass is 32.1. The molecule has 0 spiro atoms. The van der Waals surface area contributed by atoms with E-state index < -0.39 is 11.2 Å². The summed E-state index contributed by atoms with van der Waals surface area (Å²) in [7, 11) is 1.39. The molecule has 0 saturated carbocycles. The molecule has 1 aromatic heterocycles. The van der Waals surface area contributed by atoms with Crippen LogP contribution in [0.5, 0.6) is 16.7 Å². The van der Waals surface area contributed by atoms with Crippen molar-refractivity contribution in [2.45, 2.75) is 6.18 Å². The molecule has 102 valence electrons. The van der Waals surface area contributed by atoms with Gasteiger partial charge in [0.1, 0.15) is 0 Å². The lowest BCUT2D eigenvalue weighted by molar-refractivity contribution is -0.138. The number of aromatic nitrogens is 2. The van der Waals surface area contributed by atoms with Gasteiger partial charge in [-0.15, -0.1) is 5.10 Å². The highest BCUT2D eigenvalue weighted by molar-refractivity contribution is 7.13. The molecular weight excluding hydrogens is 283 g/mol.